The molecule has 4 heteroatoms. The van der Waals surface area contributed by atoms with E-state index in [2.05, 4.69) is 11.1 Å². The third kappa shape index (κ3) is 2.28. The summed E-state index contributed by atoms with van der Waals surface area (Å²) in [5, 5.41) is 12.9. The number of phenols is 1. The Balaban J connectivity index is 2.06. The number of nitrogens with two attached hydrogens (primary N) is 1. The van der Waals surface area contributed by atoms with Gasteiger partial charge in [-0.25, -0.2) is 4.98 Å². The molecule has 1 heterocycles. The van der Waals surface area contributed by atoms with E-state index in [1.54, 1.807) is 17.4 Å². The second-order valence-corrected chi connectivity index (χ2v) is 5.95. The number of aromatic nitrogens is 1. The molecule has 0 aliphatic rings. The predicted molar refractivity (Wildman–Crippen MR) is 83.2 cm³/mol. The Hall–Kier alpha value is -1.91. The summed E-state index contributed by atoms with van der Waals surface area (Å²) in [6.45, 7) is 2.51. The standard InChI is InChI=1S/C16H16N2OS/c1-10-15(20-16(9-17)18-10)8-11-4-2-6-13-12(11)5-3-7-14(13)19/h2-7,19H,8-9,17H2,1H3. The summed E-state index contributed by atoms with van der Waals surface area (Å²) in [5.41, 5.74) is 7.90. The molecule has 1 aromatic heterocycles. The fraction of sp³-hybridized carbons (Fsp3) is 0.188. The fourth-order valence-electron chi connectivity index (χ4n) is 2.43. The van der Waals surface area contributed by atoms with E-state index in [1.165, 1.54) is 10.4 Å². The first kappa shape index (κ1) is 13.1. The number of hydrogen-bond acceptors (Lipinski definition) is 4. The molecule has 0 amide bonds. The van der Waals surface area contributed by atoms with E-state index in [4.69, 9.17) is 5.73 Å². The van der Waals surface area contributed by atoms with Crippen molar-refractivity contribution < 1.29 is 5.11 Å². The highest BCUT2D eigenvalue weighted by Gasteiger charge is 2.10. The molecule has 2 aromatic carbocycles. The molecular weight excluding hydrogens is 268 g/mol. The van der Waals surface area contributed by atoms with Gasteiger partial charge in [-0.1, -0.05) is 30.3 Å². The van der Waals surface area contributed by atoms with Crippen LogP contribution in [0.5, 0.6) is 5.75 Å². The quantitative estimate of drug-likeness (QED) is 0.775. The molecule has 0 radical (unpaired) electrons. The van der Waals surface area contributed by atoms with E-state index in [0.717, 1.165) is 27.9 Å². The molecule has 0 aliphatic carbocycles. The van der Waals surface area contributed by atoms with Crippen molar-refractivity contribution in [3.8, 4) is 5.75 Å². The van der Waals surface area contributed by atoms with Crippen molar-refractivity contribution in [2.45, 2.75) is 19.9 Å². The number of phenolic OH excluding ortho intramolecular Hbond substituents is 1. The molecule has 0 saturated carbocycles. The Kier molecular flexibility index (Phi) is 3.42. The Morgan fingerprint density at radius 3 is 2.65 bits per heavy atom. The van der Waals surface area contributed by atoms with E-state index in [-0.39, 0.29) is 0 Å². The summed E-state index contributed by atoms with van der Waals surface area (Å²) in [5.74, 6) is 0.327. The van der Waals surface area contributed by atoms with Crippen LogP contribution in [0, 0.1) is 6.92 Å². The van der Waals surface area contributed by atoms with Crippen molar-refractivity contribution in [1.29, 1.82) is 0 Å². The van der Waals surface area contributed by atoms with Gasteiger partial charge in [-0.15, -0.1) is 11.3 Å². The van der Waals surface area contributed by atoms with Crippen molar-refractivity contribution in [3.05, 3.63) is 57.5 Å². The van der Waals surface area contributed by atoms with Gasteiger partial charge in [0, 0.05) is 23.2 Å². The van der Waals surface area contributed by atoms with Crippen LogP contribution < -0.4 is 5.73 Å². The van der Waals surface area contributed by atoms with Gasteiger partial charge < -0.3 is 10.8 Å². The first-order valence-corrected chi connectivity index (χ1v) is 7.35. The smallest absolute Gasteiger partial charge is 0.123 e. The molecule has 3 N–H and O–H groups in total. The summed E-state index contributed by atoms with van der Waals surface area (Å²) < 4.78 is 0. The van der Waals surface area contributed by atoms with Gasteiger partial charge in [-0.3, -0.25) is 0 Å². The molecule has 0 bridgehead atoms. The molecule has 20 heavy (non-hydrogen) atoms. The van der Waals surface area contributed by atoms with Crippen molar-refractivity contribution in [3.63, 3.8) is 0 Å². The third-order valence-electron chi connectivity index (χ3n) is 3.45. The Labute approximate surface area is 121 Å². The van der Waals surface area contributed by atoms with Crippen LogP contribution in [0.4, 0.5) is 0 Å². The van der Waals surface area contributed by atoms with E-state index >= 15 is 0 Å². The van der Waals surface area contributed by atoms with Crippen molar-refractivity contribution in [1.82, 2.24) is 4.98 Å². The number of nitrogens with zero attached hydrogens (tertiary/aromatic N) is 1. The summed E-state index contributed by atoms with van der Waals surface area (Å²) >= 11 is 1.67. The molecule has 0 unspecified atom stereocenters. The molecule has 0 aliphatic heterocycles. The Bertz CT molecular complexity index is 764. The van der Waals surface area contributed by atoms with E-state index in [9.17, 15) is 5.11 Å². The Morgan fingerprint density at radius 2 is 1.90 bits per heavy atom. The number of aryl methyl sites for hydroxylation is 1. The zero-order chi connectivity index (χ0) is 14.1. The minimum atomic E-state index is 0.327. The number of hydrogen-bond donors (Lipinski definition) is 2. The highest BCUT2D eigenvalue weighted by atomic mass is 32.1. The average Bonchev–Trinajstić information content (AvgIpc) is 2.81. The van der Waals surface area contributed by atoms with E-state index < -0.39 is 0 Å². The third-order valence-corrected chi connectivity index (χ3v) is 4.63. The SMILES string of the molecule is Cc1nc(CN)sc1Cc1cccc2c(O)cccc12. The van der Waals surface area contributed by atoms with Crippen LogP contribution >= 0.6 is 11.3 Å². The molecule has 0 saturated heterocycles. The average molecular weight is 284 g/mol. The van der Waals surface area contributed by atoms with Gasteiger partial charge in [0.05, 0.1) is 5.69 Å². The monoisotopic (exact) mass is 284 g/mol. The molecule has 3 rings (SSSR count). The molecule has 3 nitrogen and oxygen atoms in total. The summed E-state index contributed by atoms with van der Waals surface area (Å²) in [6.07, 6.45) is 0.824. The lowest BCUT2D eigenvalue weighted by molar-refractivity contribution is 0.481. The molecule has 102 valence electrons. The van der Waals surface area contributed by atoms with Crippen LogP contribution in [0.25, 0.3) is 10.8 Å². The van der Waals surface area contributed by atoms with Gasteiger partial charge in [0.1, 0.15) is 10.8 Å². The lowest BCUT2D eigenvalue weighted by atomic mass is 10.0. The van der Waals surface area contributed by atoms with Crippen LogP contribution in [0.1, 0.15) is 21.1 Å². The second kappa shape index (κ2) is 5.23. The summed E-state index contributed by atoms with van der Waals surface area (Å²) in [4.78, 5) is 5.70. The van der Waals surface area contributed by atoms with E-state index in [0.29, 0.717) is 12.3 Å². The molecule has 0 spiro atoms. The molecular formula is C16H16N2OS. The topological polar surface area (TPSA) is 59.1 Å². The van der Waals surface area contributed by atoms with Gasteiger partial charge in [-0.2, -0.15) is 0 Å². The largest absolute Gasteiger partial charge is 0.507 e. The number of aromatic hydroxyl groups is 1. The maximum atomic E-state index is 9.93. The summed E-state index contributed by atoms with van der Waals surface area (Å²) in [7, 11) is 0. The maximum absolute atomic E-state index is 9.93. The molecule has 0 fully saturated rings. The predicted octanol–water partition coefficient (Wildman–Crippen LogP) is 3.36. The van der Waals surface area contributed by atoms with Crippen molar-refractivity contribution in [2.24, 2.45) is 5.73 Å². The van der Waals surface area contributed by atoms with Gasteiger partial charge in [-0.05, 0) is 23.9 Å². The maximum Gasteiger partial charge on any atom is 0.123 e. The van der Waals surface area contributed by atoms with E-state index in [1.807, 2.05) is 31.2 Å². The second-order valence-electron chi connectivity index (χ2n) is 4.79. The van der Waals surface area contributed by atoms with Gasteiger partial charge >= 0.3 is 0 Å². The number of fused-ring (bicyclic) bond motifs is 1. The van der Waals surface area contributed by atoms with Gasteiger partial charge in [0.2, 0.25) is 0 Å². The van der Waals surface area contributed by atoms with Crippen LogP contribution in [-0.4, -0.2) is 10.1 Å². The van der Waals surface area contributed by atoms with Crippen LogP contribution in [0.2, 0.25) is 0 Å². The normalized spacial score (nSPS) is 11.1. The van der Waals surface area contributed by atoms with Gasteiger partial charge in [0.25, 0.3) is 0 Å². The lowest BCUT2D eigenvalue weighted by Gasteiger charge is -2.07. The first-order valence-electron chi connectivity index (χ1n) is 6.54. The summed E-state index contributed by atoms with van der Waals surface area (Å²) in [6, 6.07) is 11.7. The lowest BCUT2D eigenvalue weighted by Crippen LogP contribution is -1.94. The molecule has 0 atom stereocenters. The zero-order valence-corrected chi connectivity index (χ0v) is 12.1. The minimum absolute atomic E-state index is 0.327. The Morgan fingerprint density at radius 1 is 1.15 bits per heavy atom. The number of rotatable bonds is 3. The minimum Gasteiger partial charge on any atom is -0.507 e. The van der Waals surface area contributed by atoms with Gasteiger partial charge in [0.15, 0.2) is 0 Å². The molecule has 3 aromatic rings. The van der Waals surface area contributed by atoms with Crippen LogP contribution in [0.3, 0.4) is 0 Å². The number of benzene rings is 2. The zero-order valence-electron chi connectivity index (χ0n) is 11.3. The van der Waals surface area contributed by atoms with Crippen molar-refractivity contribution in [2.75, 3.05) is 0 Å². The van der Waals surface area contributed by atoms with Crippen LogP contribution in [-0.2, 0) is 13.0 Å². The highest BCUT2D eigenvalue weighted by Crippen LogP contribution is 2.30. The number of thiazole rings is 1. The van der Waals surface area contributed by atoms with Crippen LogP contribution in [0.15, 0.2) is 36.4 Å². The van der Waals surface area contributed by atoms with Crippen molar-refractivity contribution >= 4 is 22.1 Å². The fourth-order valence-corrected chi connectivity index (χ4v) is 3.40. The first-order chi connectivity index (χ1) is 9.69. The highest BCUT2D eigenvalue weighted by molar-refractivity contribution is 7.11.